The Balaban J connectivity index is 2.14. The second kappa shape index (κ2) is 4.90. The van der Waals surface area contributed by atoms with Crippen LogP contribution in [0.2, 0.25) is 0 Å². The van der Waals surface area contributed by atoms with E-state index in [1.807, 2.05) is 0 Å². The van der Waals surface area contributed by atoms with E-state index in [0.29, 0.717) is 0 Å². The van der Waals surface area contributed by atoms with Crippen molar-refractivity contribution in [3.05, 3.63) is 42.5 Å². The van der Waals surface area contributed by atoms with Crippen LogP contribution >= 0.6 is 0 Å². The van der Waals surface area contributed by atoms with E-state index in [9.17, 15) is 4.39 Å². The van der Waals surface area contributed by atoms with Crippen LogP contribution in [-0.2, 0) is 0 Å². The lowest BCUT2D eigenvalue weighted by Gasteiger charge is -2.04. The second-order valence-electron chi connectivity index (χ2n) is 3.23. The Bertz CT molecular complexity index is 507. The molecule has 0 saturated carbocycles. The molecule has 0 atom stereocenters. The summed E-state index contributed by atoms with van der Waals surface area (Å²) in [6.45, 7) is 0. The number of benzene rings is 1. The van der Waals surface area contributed by atoms with E-state index in [1.54, 1.807) is 6.07 Å². The zero-order valence-electron chi connectivity index (χ0n) is 8.62. The molecule has 2 aromatic rings. The third-order valence-corrected chi connectivity index (χ3v) is 1.95. The van der Waals surface area contributed by atoms with Gasteiger partial charge in [-0.2, -0.15) is 0 Å². The van der Waals surface area contributed by atoms with E-state index in [-0.39, 0.29) is 17.2 Å². The summed E-state index contributed by atoms with van der Waals surface area (Å²) >= 11 is 0. The van der Waals surface area contributed by atoms with Crippen LogP contribution in [0, 0.1) is 5.82 Å². The lowest BCUT2D eigenvalue weighted by Crippen LogP contribution is -2.30. The van der Waals surface area contributed by atoms with E-state index in [2.05, 4.69) is 9.97 Å². The standard InChI is InChI=1S/C10H8BFN2O3/c12-8-2-1-3-9(4-8)17-10-13-5-7(6-14-10)11(15)16/h1-6,15-16H. The maximum atomic E-state index is 12.9. The first-order valence-electron chi connectivity index (χ1n) is 4.76. The number of hydrogen-bond donors (Lipinski definition) is 2. The average molecular weight is 234 g/mol. The molecule has 1 heterocycles. The van der Waals surface area contributed by atoms with E-state index in [4.69, 9.17) is 14.8 Å². The molecule has 17 heavy (non-hydrogen) atoms. The van der Waals surface area contributed by atoms with E-state index in [0.717, 1.165) is 0 Å². The van der Waals surface area contributed by atoms with E-state index < -0.39 is 12.9 Å². The summed E-state index contributed by atoms with van der Waals surface area (Å²) in [5, 5.41) is 17.7. The summed E-state index contributed by atoms with van der Waals surface area (Å²) in [6.07, 6.45) is 2.43. The van der Waals surface area contributed by atoms with Crippen molar-refractivity contribution in [1.29, 1.82) is 0 Å². The molecule has 0 aliphatic rings. The molecule has 0 radical (unpaired) electrons. The molecule has 0 spiro atoms. The van der Waals surface area contributed by atoms with Crippen LogP contribution in [0.3, 0.4) is 0 Å². The maximum Gasteiger partial charge on any atom is 0.491 e. The molecule has 2 N–H and O–H groups in total. The van der Waals surface area contributed by atoms with Gasteiger partial charge < -0.3 is 14.8 Å². The van der Waals surface area contributed by atoms with Crippen LogP contribution in [0.1, 0.15) is 0 Å². The third kappa shape index (κ3) is 2.99. The Kier molecular flexibility index (Phi) is 3.31. The third-order valence-electron chi connectivity index (χ3n) is 1.95. The molecule has 86 valence electrons. The molecule has 0 aliphatic carbocycles. The topological polar surface area (TPSA) is 75.5 Å². The van der Waals surface area contributed by atoms with Crippen LogP contribution in [0.5, 0.6) is 11.8 Å². The van der Waals surface area contributed by atoms with Gasteiger partial charge in [0.2, 0.25) is 0 Å². The van der Waals surface area contributed by atoms with Gasteiger partial charge in [0.05, 0.1) is 0 Å². The van der Waals surface area contributed by atoms with Crippen LogP contribution < -0.4 is 10.2 Å². The first kappa shape index (κ1) is 11.5. The Morgan fingerprint density at radius 3 is 2.47 bits per heavy atom. The Labute approximate surface area is 96.7 Å². The highest BCUT2D eigenvalue weighted by Gasteiger charge is 2.12. The Morgan fingerprint density at radius 2 is 1.88 bits per heavy atom. The first-order chi connectivity index (χ1) is 8.15. The number of rotatable bonds is 3. The van der Waals surface area contributed by atoms with Gasteiger partial charge in [-0.15, -0.1) is 0 Å². The monoisotopic (exact) mass is 234 g/mol. The highest BCUT2D eigenvalue weighted by molar-refractivity contribution is 6.58. The molecule has 0 bridgehead atoms. The number of halogens is 1. The molecular weight excluding hydrogens is 226 g/mol. The Hall–Kier alpha value is -1.99. The lowest BCUT2D eigenvalue weighted by molar-refractivity contribution is 0.423. The van der Waals surface area contributed by atoms with Gasteiger partial charge in [-0.05, 0) is 12.1 Å². The summed E-state index contributed by atoms with van der Waals surface area (Å²) in [7, 11) is -1.63. The van der Waals surface area contributed by atoms with Crippen LogP contribution in [0.4, 0.5) is 4.39 Å². The predicted octanol–water partition coefficient (Wildman–Crippen LogP) is 0.0878. The van der Waals surface area contributed by atoms with Crippen molar-refractivity contribution in [2.24, 2.45) is 0 Å². The van der Waals surface area contributed by atoms with E-state index >= 15 is 0 Å². The molecule has 0 aliphatic heterocycles. The molecule has 5 nitrogen and oxygen atoms in total. The lowest BCUT2D eigenvalue weighted by atomic mass is 9.83. The normalized spacial score (nSPS) is 10.1. The highest BCUT2D eigenvalue weighted by Crippen LogP contribution is 2.17. The summed E-state index contributed by atoms with van der Waals surface area (Å²) in [4.78, 5) is 7.50. The quantitative estimate of drug-likeness (QED) is 0.736. The van der Waals surface area contributed by atoms with Crippen molar-refractivity contribution in [1.82, 2.24) is 9.97 Å². The summed E-state index contributed by atoms with van der Waals surface area (Å²) in [5.74, 6) is -0.160. The zero-order valence-corrected chi connectivity index (χ0v) is 8.62. The SMILES string of the molecule is OB(O)c1cnc(Oc2cccc(F)c2)nc1. The van der Waals surface area contributed by atoms with Gasteiger partial charge in [0.25, 0.3) is 0 Å². The minimum atomic E-state index is -1.63. The minimum absolute atomic E-state index is 0.000000000000000444. The zero-order chi connectivity index (χ0) is 12.3. The smallest absolute Gasteiger partial charge is 0.424 e. The molecule has 1 aromatic carbocycles. The van der Waals surface area contributed by atoms with Gasteiger partial charge in [-0.3, -0.25) is 0 Å². The second-order valence-corrected chi connectivity index (χ2v) is 3.23. The Morgan fingerprint density at radius 1 is 1.18 bits per heavy atom. The highest BCUT2D eigenvalue weighted by atomic mass is 19.1. The fourth-order valence-electron chi connectivity index (χ4n) is 1.15. The summed E-state index contributed by atoms with van der Waals surface area (Å²) in [6, 6.07) is 5.54. The molecule has 2 rings (SSSR count). The van der Waals surface area contributed by atoms with Crippen LogP contribution in [0.15, 0.2) is 36.7 Å². The van der Waals surface area contributed by atoms with Gasteiger partial charge in [0.1, 0.15) is 11.6 Å². The molecule has 1 aromatic heterocycles. The fourth-order valence-corrected chi connectivity index (χ4v) is 1.15. The average Bonchev–Trinajstić information content (AvgIpc) is 2.29. The van der Waals surface area contributed by atoms with Gasteiger partial charge in [0.15, 0.2) is 0 Å². The predicted molar refractivity (Wildman–Crippen MR) is 58.3 cm³/mol. The van der Waals surface area contributed by atoms with Gasteiger partial charge in [-0.25, -0.2) is 14.4 Å². The fraction of sp³-hybridized carbons (Fsp3) is 0. The number of hydrogen-bond acceptors (Lipinski definition) is 5. The van der Waals surface area contributed by atoms with Gasteiger partial charge >= 0.3 is 13.1 Å². The number of aromatic nitrogens is 2. The molecule has 0 amide bonds. The molecule has 0 saturated heterocycles. The number of nitrogens with zero attached hydrogens (tertiary/aromatic N) is 2. The first-order valence-corrected chi connectivity index (χ1v) is 4.76. The van der Waals surface area contributed by atoms with Gasteiger partial charge in [-0.1, -0.05) is 6.07 Å². The summed E-state index contributed by atoms with van der Waals surface area (Å²) < 4.78 is 18.0. The van der Waals surface area contributed by atoms with Crippen molar-refractivity contribution in [2.45, 2.75) is 0 Å². The van der Waals surface area contributed by atoms with Crippen LogP contribution in [0.25, 0.3) is 0 Å². The van der Waals surface area contributed by atoms with Crippen LogP contribution in [-0.4, -0.2) is 27.1 Å². The van der Waals surface area contributed by atoms with Crippen molar-refractivity contribution >= 4 is 12.6 Å². The van der Waals surface area contributed by atoms with Crippen molar-refractivity contribution in [3.63, 3.8) is 0 Å². The van der Waals surface area contributed by atoms with Crippen molar-refractivity contribution in [3.8, 4) is 11.8 Å². The maximum absolute atomic E-state index is 12.9. The summed E-state index contributed by atoms with van der Waals surface area (Å²) in [5.41, 5.74) is 0.150. The molecule has 0 unspecified atom stereocenters. The van der Waals surface area contributed by atoms with Crippen molar-refractivity contribution < 1.29 is 19.2 Å². The van der Waals surface area contributed by atoms with Gasteiger partial charge in [0, 0.05) is 23.9 Å². The number of ether oxygens (including phenoxy) is 1. The van der Waals surface area contributed by atoms with E-state index in [1.165, 1.54) is 30.6 Å². The molecule has 7 heteroatoms. The minimum Gasteiger partial charge on any atom is -0.424 e. The molecular formula is C10H8BFN2O3. The largest absolute Gasteiger partial charge is 0.491 e. The molecule has 0 fully saturated rings. The van der Waals surface area contributed by atoms with Crippen molar-refractivity contribution in [2.75, 3.05) is 0 Å².